The van der Waals surface area contributed by atoms with Crippen LogP contribution in [0.5, 0.6) is 0 Å². The highest BCUT2D eigenvalue weighted by atomic mass is 32.2. The van der Waals surface area contributed by atoms with E-state index < -0.39 is 18.4 Å². The van der Waals surface area contributed by atoms with Crippen LogP contribution >= 0.6 is 11.8 Å². The van der Waals surface area contributed by atoms with Gasteiger partial charge in [0.2, 0.25) is 0 Å². The van der Waals surface area contributed by atoms with Gasteiger partial charge in [0.05, 0.1) is 24.4 Å². The molecule has 4 aromatic carbocycles. The van der Waals surface area contributed by atoms with E-state index in [1.165, 1.54) is 17.8 Å². The second-order valence-corrected chi connectivity index (χ2v) is 11.6. The van der Waals surface area contributed by atoms with Crippen LogP contribution in [0.1, 0.15) is 51.4 Å². The van der Waals surface area contributed by atoms with Crippen molar-refractivity contribution in [2.45, 2.75) is 43.0 Å². The molecule has 1 heterocycles. The van der Waals surface area contributed by atoms with E-state index in [0.29, 0.717) is 23.6 Å². The molecule has 9 heteroatoms. The van der Waals surface area contributed by atoms with Crippen molar-refractivity contribution in [2.75, 3.05) is 12.4 Å². The Bertz CT molecular complexity index is 1620. The number of aromatic carboxylic acids is 1. The van der Waals surface area contributed by atoms with Gasteiger partial charge in [0.25, 0.3) is 0 Å². The second kappa shape index (κ2) is 15.5. The van der Waals surface area contributed by atoms with Gasteiger partial charge in [-0.05, 0) is 52.1 Å². The molecule has 1 saturated heterocycles. The summed E-state index contributed by atoms with van der Waals surface area (Å²) in [5, 5.41) is 21.9. The number of rotatable bonds is 12. The van der Waals surface area contributed by atoms with Crippen molar-refractivity contribution in [2.24, 2.45) is 0 Å². The maximum Gasteiger partial charge on any atom is 0.407 e. The lowest BCUT2D eigenvalue weighted by Gasteiger charge is -2.36. The number of carboxylic acid groups (broad SMARTS) is 1. The van der Waals surface area contributed by atoms with E-state index in [4.69, 9.17) is 14.2 Å². The Morgan fingerprint density at radius 1 is 0.911 bits per heavy atom. The first kappa shape index (κ1) is 32.0. The molecule has 3 N–H and O–H groups in total. The number of hydrogen-bond donors (Lipinski definition) is 3. The highest BCUT2D eigenvalue weighted by Gasteiger charge is 2.32. The summed E-state index contributed by atoms with van der Waals surface area (Å²) in [6.07, 6.45) is 0.440. The normalized spacial score (nSPS) is 17.8. The van der Waals surface area contributed by atoms with Gasteiger partial charge in [0.1, 0.15) is 6.61 Å². The van der Waals surface area contributed by atoms with Crippen molar-refractivity contribution in [3.8, 4) is 11.1 Å². The molecule has 5 rings (SSSR count). The number of benzene rings is 4. The number of alkyl carbamates (subject to hydrolysis) is 1. The van der Waals surface area contributed by atoms with Crippen molar-refractivity contribution in [3.63, 3.8) is 0 Å². The summed E-state index contributed by atoms with van der Waals surface area (Å²) in [5.41, 5.74) is 5.76. The molecule has 0 bridgehead atoms. The van der Waals surface area contributed by atoms with Crippen LogP contribution in [0, 0.1) is 0 Å². The molecular weight excluding hydrogens is 590 g/mol. The number of aliphatic hydroxyl groups excluding tert-OH is 1. The SMILES string of the molecule is C=CCOC(=O)NCc1cccc(-c2cccc(C3OC(CSc4ccccc4C(=O)O)CC(c4ccc(CO)cc4)O3)c2)c1. The molecule has 0 radical (unpaired) electrons. The first-order valence-electron chi connectivity index (χ1n) is 14.6. The molecule has 0 spiro atoms. The number of amides is 1. The Kier molecular flexibility index (Phi) is 11.1. The fraction of sp³-hybridized carbons (Fsp3) is 0.222. The Morgan fingerprint density at radius 3 is 2.42 bits per heavy atom. The fourth-order valence-corrected chi connectivity index (χ4v) is 6.13. The summed E-state index contributed by atoms with van der Waals surface area (Å²) in [5.74, 6) is -0.422. The Labute approximate surface area is 266 Å². The number of thioether (sulfide) groups is 1. The minimum Gasteiger partial charge on any atom is -0.478 e. The topological polar surface area (TPSA) is 114 Å². The van der Waals surface area contributed by atoms with Gasteiger partial charge in [-0.1, -0.05) is 85.5 Å². The van der Waals surface area contributed by atoms with Crippen LogP contribution in [0.2, 0.25) is 0 Å². The average molecular weight is 626 g/mol. The molecule has 8 nitrogen and oxygen atoms in total. The third kappa shape index (κ3) is 8.61. The van der Waals surface area contributed by atoms with Crippen LogP contribution in [-0.2, 0) is 27.4 Å². The number of ether oxygens (including phenoxy) is 3. The molecule has 232 valence electrons. The zero-order valence-electron chi connectivity index (χ0n) is 24.6. The van der Waals surface area contributed by atoms with E-state index in [0.717, 1.165) is 33.4 Å². The van der Waals surface area contributed by atoms with Gasteiger partial charge in [0, 0.05) is 29.2 Å². The third-order valence-corrected chi connectivity index (χ3v) is 8.55. The van der Waals surface area contributed by atoms with Gasteiger partial charge in [-0.15, -0.1) is 11.8 Å². The summed E-state index contributed by atoms with van der Waals surface area (Å²) in [4.78, 5) is 24.3. The zero-order chi connectivity index (χ0) is 31.6. The number of carbonyl (C=O) groups excluding carboxylic acids is 1. The highest BCUT2D eigenvalue weighted by Crippen LogP contribution is 2.40. The van der Waals surface area contributed by atoms with E-state index in [1.807, 2.05) is 84.9 Å². The monoisotopic (exact) mass is 625 g/mol. The molecule has 0 saturated carbocycles. The zero-order valence-corrected chi connectivity index (χ0v) is 25.5. The van der Waals surface area contributed by atoms with Crippen molar-refractivity contribution in [3.05, 3.63) is 138 Å². The van der Waals surface area contributed by atoms with Crippen molar-refractivity contribution in [1.29, 1.82) is 0 Å². The first-order valence-corrected chi connectivity index (χ1v) is 15.6. The Morgan fingerprint density at radius 2 is 1.67 bits per heavy atom. The van der Waals surface area contributed by atoms with E-state index in [1.54, 1.807) is 12.1 Å². The lowest BCUT2D eigenvalue weighted by molar-refractivity contribution is -0.245. The van der Waals surface area contributed by atoms with E-state index in [9.17, 15) is 19.8 Å². The molecule has 1 aliphatic heterocycles. The maximum absolute atomic E-state index is 11.9. The van der Waals surface area contributed by atoms with Gasteiger partial charge in [-0.3, -0.25) is 0 Å². The molecule has 1 fully saturated rings. The number of aliphatic hydroxyl groups is 1. The van der Waals surface area contributed by atoms with Gasteiger partial charge in [0.15, 0.2) is 6.29 Å². The molecule has 0 aromatic heterocycles. The predicted molar refractivity (Wildman–Crippen MR) is 173 cm³/mol. The van der Waals surface area contributed by atoms with Crippen LogP contribution in [0.15, 0.2) is 115 Å². The Hall–Kier alpha value is -4.41. The van der Waals surface area contributed by atoms with Crippen LogP contribution in [-0.4, -0.2) is 40.7 Å². The molecule has 45 heavy (non-hydrogen) atoms. The largest absolute Gasteiger partial charge is 0.478 e. The lowest BCUT2D eigenvalue weighted by Crippen LogP contribution is -2.31. The van der Waals surface area contributed by atoms with Crippen LogP contribution in [0.4, 0.5) is 4.79 Å². The van der Waals surface area contributed by atoms with Gasteiger partial charge in [-0.2, -0.15) is 0 Å². The second-order valence-electron chi connectivity index (χ2n) is 10.5. The van der Waals surface area contributed by atoms with E-state index in [-0.39, 0.29) is 31.0 Å². The molecule has 1 aliphatic rings. The summed E-state index contributed by atoms with van der Waals surface area (Å²) in [6.45, 7) is 3.97. The van der Waals surface area contributed by atoms with Crippen LogP contribution < -0.4 is 5.32 Å². The molecule has 1 amide bonds. The predicted octanol–water partition coefficient (Wildman–Crippen LogP) is 7.29. The van der Waals surface area contributed by atoms with Crippen molar-refractivity contribution in [1.82, 2.24) is 5.32 Å². The molecule has 4 aromatic rings. The summed E-state index contributed by atoms with van der Waals surface area (Å²) >= 11 is 1.46. The average Bonchev–Trinajstić information content (AvgIpc) is 3.09. The van der Waals surface area contributed by atoms with Crippen LogP contribution in [0.3, 0.4) is 0 Å². The number of nitrogens with one attached hydrogen (secondary N) is 1. The van der Waals surface area contributed by atoms with Crippen LogP contribution in [0.25, 0.3) is 11.1 Å². The lowest BCUT2D eigenvalue weighted by atomic mass is 9.99. The van der Waals surface area contributed by atoms with E-state index in [2.05, 4.69) is 11.9 Å². The number of carbonyl (C=O) groups is 2. The number of hydrogen-bond acceptors (Lipinski definition) is 7. The summed E-state index contributed by atoms with van der Waals surface area (Å²) in [6, 6.07) is 30.5. The standard InChI is InChI=1S/C36H35NO7S/c1-2-17-42-36(41)37-21-25-7-5-8-27(18-25)28-9-6-10-29(19-28)35-43-30(23-45-33-12-4-3-11-31(33)34(39)40)20-32(44-35)26-15-13-24(22-38)14-16-26/h2-16,18-19,30,32,35,38H,1,17,20-23H2,(H,37,41)(H,39,40). The molecule has 3 unspecified atom stereocenters. The van der Waals surface area contributed by atoms with E-state index >= 15 is 0 Å². The Balaban J connectivity index is 1.36. The smallest absolute Gasteiger partial charge is 0.407 e. The van der Waals surface area contributed by atoms with Gasteiger partial charge < -0.3 is 29.7 Å². The maximum atomic E-state index is 11.9. The summed E-state index contributed by atoms with van der Waals surface area (Å²) < 4.78 is 18.0. The first-order chi connectivity index (χ1) is 21.9. The number of carboxylic acids is 1. The van der Waals surface area contributed by atoms with Crippen molar-refractivity contribution < 1.29 is 34.0 Å². The highest BCUT2D eigenvalue weighted by molar-refractivity contribution is 7.99. The molecular formula is C36H35NO7S. The molecule has 0 aliphatic carbocycles. The quantitative estimate of drug-likeness (QED) is 0.111. The fourth-order valence-electron chi connectivity index (χ4n) is 5.06. The third-order valence-electron chi connectivity index (χ3n) is 7.35. The minimum atomic E-state index is -0.963. The minimum absolute atomic E-state index is 0.0384. The molecule has 3 atom stereocenters. The van der Waals surface area contributed by atoms with Crippen molar-refractivity contribution >= 4 is 23.8 Å². The summed E-state index contributed by atoms with van der Waals surface area (Å²) in [7, 11) is 0. The van der Waals surface area contributed by atoms with Gasteiger partial charge >= 0.3 is 12.1 Å². The van der Waals surface area contributed by atoms with Gasteiger partial charge in [-0.25, -0.2) is 9.59 Å².